The largest absolute Gasteiger partial charge is 0.481 e. The van der Waals surface area contributed by atoms with E-state index >= 15 is 0 Å². The predicted octanol–water partition coefficient (Wildman–Crippen LogP) is 1.94. The fraction of sp³-hybridized carbons (Fsp3) is 0.500. The summed E-state index contributed by atoms with van der Waals surface area (Å²) in [5.74, 6) is -0.874. The Labute approximate surface area is 110 Å². The molecule has 18 heavy (non-hydrogen) atoms. The van der Waals surface area contributed by atoms with E-state index in [0.717, 1.165) is 0 Å². The molecular weight excluding hydrogens is 252 g/mol. The van der Waals surface area contributed by atoms with Gasteiger partial charge in [0.1, 0.15) is 0 Å². The van der Waals surface area contributed by atoms with Crippen molar-refractivity contribution in [3.63, 3.8) is 0 Å². The Balaban J connectivity index is 2.10. The SMILES string of the molecule is Cc1ccsc1C1CN(CCC(=O)O)C(=O)N1C. The molecule has 1 atom stereocenters. The van der Waals surface area contributed by atoms with Gasteiger partial charge in [-0.1, -0.05) is 0 Å². The third-order valence-electron chi connectivity index (χ3n) is 3.23. The summed E-state index contributed by atoms with van der Waals surface area (Å²) in [7, 11) is 1.77. The number of urea groups is 1. The molecule has 0 spiro atoms. The van der Waals surface area contributed by atoms with Crippen LogP contribution in [-0.4, -0.2) is 47.0 Å². The molecule has 1 N–H and O–H groups in total. The lowest BCUT2D eigenvalue weighted by molar-refractivity contribution is -0.137. The normalized spacial score (nSPS) is 19.7. The van der Waals surface area contributed by atoms with Crippen LogP contribution >= 0.6 is 11.3 Å². The Morgan fingerprint density at radius 2 is 2.33 bits per heavy atom. The summed E-state index contributed by atoms with van der Waals surface area (Å²) in [4.78, 5) is 27.0. The van der Waals surface area contributed by atoms with Crippen LogP contribution in [0.15, 0.2) is 11.4 Å². The number of aliphatic carboxylic acids is 1. The third kappa shape index (κ3) is 2.33. The molecule has 5 nitrogen and oxygen atoms in total. The molecule has 0 aromatic carbocycles. The van der Waals surface area contributed by atoms with Gasteiger partial charge in [0.05, 0.1) is 12.5 Å². The number of hydrogen-bond acceptors (Lipinski definition) is 3. The van der Waals surface area contributed by atoms with Gasteiger partial charge in [0.2, 0.25) is 0 Å². The van der Waals surface area contributed by atoms with Crippen LogP contribution in [0.2, 0.25) is 0 Å². The molecule has 1 fully saturated rings. The molecular formula is C12H16N2O3S. The Bertz CT molecular complexity index is 472. The molecule has 1 aromatic rings. The lowest BCUT2D eigenvalue weighted by Gasteiger charge is -2.17. The van der Waals surface area contributed by atoms with Crippen molar-refractivity contribution in [1.29, 1.82) is 0 Å². The van der Waals surface area contributed by atoms with Crippen LogP contribution in [-0.2, 0) is 4.79 Å². The number of carbonyl (C=O) groups excluding carboxylic acids is 1. The molecule has 1 saturated heterocycles. The summed E-state index contributed by atoms with van der Waals surface area (Å²) >= 11 is 1.64. The van der Waals surface area contributed by atoms with E-state index in [-0.39, 0.29) is 25.0 Å². The number of hydrogen-bond donors (Lipinski definition) is 1. The van der Waals surface area contributed by atoms with Gasteiger partial charge in [-0.05, 0) is 23.9 Å². The zero-order chi connectivity index (χ0) is 13.3. The van der Waals surface area contributed by atoms with Crippen molar-refractivity contribution in [2.45, 2.75) is 19.4 Å². The Morgan fingerprint density at radius 1 is 1.61 bits per heavy atom. The zero-order valence-corrected chi connectivity index (χ0v) is 11.2. The van der Waals surface area contributed by atoms with Crippen LogP contribution in [0.1, 0.15) is 22.9 Å². The lowest BCUT2D eigenvalue weighted by Crippen LogP contribution is -2.31. The van der Waals surface area contributed by atoms with Gasteiger partial charge >= 0.3 is 12.0 Å². The number of carboxylic acids is 1. The van der Waals surface area contributed by atoms with Crippen LogP contribution in [0, 0.1) is 6.92 Å². The maximum absolute atomic E-state index is 12.0. The molecule has 0 aliphatic carbocycles. The Morgan fingerprint density at radius 3 is 2.89 bits per heavy atom. The summed E-state index contributed by atoms with van der Waals surface area (Å²) in [6.07, 6.45) is -0.00424. The highest BCUT2D eigenvalue weighted by atomic mass is 32.1. The molecule has 0 radical (unpaired) electrons. The predicted molar refractivity (Wildman–Crippen MR) is 68.8 cm³/mol. The van der Waals surface area contributed by atoms with E-state index in [0.29, 0.717) is 6.54 Å². The van der Waals surface area contributed by atoms with E-state index in [1.807, 2.05) is 18.4 Å². The molecule has 0 bridgehead atoms. The summed E-state index contributed by atoms with van der Waals surface area (Å²) in [6, 6.07) is 2.00. The first-order valence-corrected chi connectivity index (χ1v) is 6.66. The van der Waals surface area contributed by atoms with E-state index < -0.39 is 5.97 Å². The maximum atomic E-state index is 12.0. The summed E-state index contributed by atoms with van der Waals surface area (Å²) < 4.78 is 0. The van der Waals surface area contributed by atoms with Crippen molar-refractivity contribution in [2.24, 2.45) is 0 Å². The van der Waals surface area contributed by atoms with Crippen LogP contribution in [0.4, 0.5) is 4.79 Å². The first-order valence-electron chi connectivity index (χ1n) is 5.78. The van der Waals surface area contributed by atoms with Gasteiger partial charge in [0, 0.05) is 25.0 Å². The zero-order valence-electron chi connectivity index (χ0n) is 10.4. The smallest absolute Gasteiger partial charge is 0.320 e. The van der Waals surface area contributed by atoms with Crippen LogP contribution in [0.25, 0.3) is 0 Å². The molecule has 1 aromatic heterocycles. The van der Waals surface area contributed by atoms with Crippen molar-refractivity contribution in [2.75, 3.05) is 20.1 Å². The van der Waals surface area contributed by atoms with Crippen molar-refractivity contribution < 1.29 is 14.7 Å². The van der Waals surface area contributed by atoms with Crippen molar-refractivity contribution in [3.05, 3.63) is 21.9 Å². The van der Waals surface area contributed by atoms with Crippen molar-refractivity contribution in [1.82, 2.24) is 9.80 Å². The summed E-state index contributed by atoms with van der Waals surface area (Å²) in [5.41, 5.74) is 1.18. The van der Waals surface area contributed by atoms with Crippen molar-refractivity contribution >= 4 is 23.3 Å². The maximum Gasteiger partial charge on any atom is 0.320 e. The molecule has 1 unspecified atom stereocenters. The number of likely N-dealkylation sites (N-methyl/N-ethyl adjacent to an activating group) is 1. The molecule has 2 heterocycles. The van der Waals surface area contributed by atoms with Crippen LogP contribution in [0.5, 0.6) is 0 Å². The van der Waals surface area contributed by atoms with E-state index in [9.17, 15) is 9.59 Å². The number of thiophene rings is 1. The number of rotatable bonds is 4. The summed E-state index contributed by atoms with van der Waals surface area (Å²) in [5, 5.41) is 10.7. The second-order valence-corrected chi connectivity index (χ2v) is 5.41. The van der Waals surface area contributed by atoms with Crippen molar-refractivity contribution in [3.8, 4) is 0 Å². The number of carboxylic acid groups (broad SMARTS) is 1. The van der Waals surface area contributed by atoms with Gasteiger partial charge in [-0.3, -0.25) is 4.79 Å². The fourth-order valence-corrected chi connectivity index (χ4v) is 3.23. The highest BCUT2D eigenvalue weighted by Gasteiger charge is 2.36. The molecule has 6 heteroatoms. The third-order valence-corrected chi connectivity index (χ3v) is 4.35. The summed E-state index contributed by atoms with van der Waals surface area (Å²) in [6.45, 7) is 2.88. The molecule has 2 rings (SSSR count). The first kappa shape index (κ1) is 12.9. The van der Waals surface area contributed by atoms with E-state index in [1.165, 1.54) is 10.4 Å². The number of amides is 2. The van der Waals surface area contributed by atoms with Gasteiger partial charge < -0.3 is 14.9 Å². The van der Waals surface area contributed by atoms with Gasteiger partial charge in [-0.15, -0.1) is 11.3 Å². The molecule has 98 valence electrons. The van der Waals surface area contributed by atoms with Gasteiger partial charge in [-0.2, -0.15) is 0 Å². The Hall–Kier alpha value is -1.56. The number of carbonyl (C=O) groups is 2. The van der Waals surface area contributed by atoms with Gasteiger partial charge in [0.25, 0.3) is 0 Å². The minimum atomic E-state index is -0.874. The second kappa shape index (κ2) is 4.97. The monoisotopic (exact) mass is 268 g/mol. The van der Waals surface area contributed by atoms with E-state index in [4.69, 9.17) is 5.11 Å². The topological polar surface area (TPSA) is 60.9 Å². The average Bonchev–Trinajstić information content (AvgIpc) is 2.84. The quantitative estimate of drug-likeness (QED) is 0.907. The first-order chi connectivity index (χ1) is 8.50. The molecule has 0 saturated carbocycles. The fourth-order valence-electron chi connectivity index (χ4n) is 2.17. The Kier molecular flexibility index (Phi) is 3.56. The highest BCUT2D eigenvalue weighted by Crippen LogP contribution is 2.33. The van der Waals surface area contributed by atoms with Gasteiger partial charge in [-0.25, -0.2) is 4.79 Å². The molecule has 2 amide bonds. The second-order valence-electron chi connectivity index (χ2n) is 4.47. The standard InChI is InChI=1S/C12H16N2O3S/c1-8-4-6-18-11(8)9-7-14(5-3-10(15)16)12(17)13(9)2/h4,6,9H,3,5,7H2,1-2H3,(H,15,16). The van der Waals surface area contributed by atoms with E-state index in [1.54, 1.807) is 28.2 Å². The lowest BCUT2D eigenvalue weighted by atomic mass is 10.1. The number of nitrogens with zero attached hydrogens (tertiary/aromatic N) is 2. The molecule has 1 aliphatic heterocycles. The van der Waals surface area contributed by atoms with Gasteiger partial charge in [0.15, 0.2) is 0 Å². The van der Waals surface area contributed by atoms with E-state index in [2.05, 4.69) is 0 Å². The number of aryl methyl sites for hydroxylation is 1. The highest BCUT2D eigenvalue weighted by molar-refractivity contribution is 7.10. The average molecular weight is 268 g/mol. The van der Waals surface area contributed by atoms with Crippen LogP contribution < -0.4 is 0 Å². The van der Waals surface area contributed by atoms with Crippen LogP contribution in [0.3, 0.4) is 0 Å². The molecule has 1 aliphatic rings. The minimum absolute atomic E-state index is 0.00424. The minimum Gasteiger partial charge on any atom is -0.481 e.